The Kier molecular flexibility index (Phi) is 5.25. The number of hydrogen-bond acceptors (Lipinski definition) is 4. The summed E-state index contributed by atoms with van der Waals surface area (Å²) in [6.07, 6.45) is 4.09. The zero-order valence-electron chi connectivity index (χ0n) is 12.6. The lowest BCUT2D eigenvalue weighted by Crippen LogP contribution is -2.39. The van der Waals surface area contributed by atoms with Crippen molar-refractivity contribution >= 4 is 50.3 Å². The fourth-order valence-electron chi connectivity index (χ4n) is 2.93. The van der Waals surface area contributed by atoms with Crippen molar-refractivity contribution in [1.82, 2.24) is 4.98 Å². The Morgan fingerprint density at radius 1 is 1.04 bits per heavy atom. The molecule has 0 spiro atoms. The van der Waals surface area contributed by atoms with E-state index in [-0.39, 0.29) is 4.90 Å². The Labute approximate surface area is 156 Å². The van der Waals surface area contributed by atoms with Gasteiger partial charge in [0, 0.05) is 30.5 Å². The van der Waals surface area contributed by atoms with E-state index in [2.05, 4.69) is 4.98 Å². The molecule has 1 aromatic carbocycles. The number of pyridine rings is 1. The highest BCUT2D eigenvalue weighted by Crippen LogP contribution is 2.35. The van der Waals surface area contributed by atoms with Crippen LogP contribution in [0.4, 0.5) is 5.69 Å². The fourth-order valence-corrected chi connectivity index (χ4v) is 5.57. The fraction of sp³-hybridized carbons (Fsp3) is 0.312. The van der Waals surface area contributed by atoms with Crippen molar-refractivity contribution in [3.8, 4) is 0 Å². The lowest BCUT2D eigenvalue weighted by molar-refractivity contribution is 0.530. The standard InChI is InChI=1S/C16H15Cl3N2O2S/c17-11-2-1-3-13(8-11)24(22,23)12-4-6-21(7-5-12)16-14(18)9-20-10-15(16)19/h1-3,8-10,12H,4-7H2. The number of aromatic nitrogens is 1. The van der Waals surface area contributed by atoms with E-state index in [1.807, 2.05) is 4.90 Å². The minimum Gasteiger partial charge on any atom is -0.369 e. The van der Waals surface area contributed by atoms with E-state index >= 15 is 0 Å². The first-order chi connectivity index (χ1) is 11.4. The topological polar surface area (TPSA) is 50.3 Å². The van der Waals surface area contributed by atoms with E-state index in [9.17, 15) is 8.42 Å². The summed E-state index contributed by atoms with van der Waals surface area (Å²) < 4.78 is 25.6. The molecule has 1 aliphatic heterocycles. The van der Waals surface area contributed by atoms with Crippen LogP contribution in [0, 0.1) is 0 Å². The molecule has 3 rings (SSSR count). The van der Waals surface area contributed by atoms with Gasteiger partial charge in [-0.05, 0) is 31.0 Å². The van der Waals surface area contributed by atoms with E-state index in [0.29, 0.717) is 46.7 Å². The number of anilines is 1. The highest BCUT2D eigenvalue weighted by atomic mass is 35.5. The van der Waals surface area contributed by atoms with Gasteiger partial charge in [-0.1, -0.05) is 40.9 Å². The van der Waals surface area contributed by atoms with Crippen molar-refractivity contribution in [2.45, 2.75) is 23.0 Å². The van der Waals surface area contributed by atoms with Gasteiger partial charge in [-0.3, -0.25) is 4.98 Å². The summed E-state index contributed by atoms with van der Waals surface area (Å²) >= 11 is 18.3. The van der Waals surface area contributed by atoms with Gasteiger partial charge in [0.25, 0.3) is 0 Å². The van der Waals surface area contributed by atoms with Gasteiger partial charge in [0.15, 0.2) is 9.84 Å². The molecule has 4 nitrogen and oxygen atoms in total. The molecule has 1 fully saturated rings. The molecule has 0 atom stereocenters. The Morgan fingerprint density at radius 3 is 2.25 bits per heavy atom. The second-order valence-corrected chi connectivity index (χ2v) is 9.12. The first-order valence-electron chi connectivity index (χ1n) is 7.43. The van der Waals surface area contributed by atoms with Crippen LogP contribution in [0.2, 0.25) is 15.1 Å². The normalized spacial score (nSPS) is 16.4. The molecule has 24 heavy (non-hydrogen) atoms. The number of piperidine rings is 1. The van der Waals surface area contributed by atoms with E-state index in [0.717, 1.165) is 0 Å². The SMILES string of the molecule is O=S(=O)(c1cccc(Cl)c1)C1CCN(c2c(Cl)cncc2Cl)CC1. The zero-order valence-corrected chi connectivity index (χ0v) is 15.7. The molecule has 0 amide bonds. The maximum Gasteiger partial charge on any atom is 0.181 e. The maximum absolute atomic E-state index is 12.8. The van der Waals surface area contributed by atoms with Crippen LogP contribution in [0.1, 0.15) is 12.8 Å². The number of benzene rings is 1. The van der Waals surface area contributed by atoms with Crippen LogP contribution < -0.4 is 4.90 Å². The third-order valence-corrected chi connectivity index (χ3v) is 7.20. The summed E-state index contributed by atoms with van der Waals surface area (Å²) in [5.74, 6) is 0. The summed E-state index contributed by atoms with van der Waals surface area (Å²) in [7, 11) is -3.40. The van der Waals surface area contributed by atoms with Gasteiger partial charge >= 0.3 is 0 Å². The third-order valence-electron chi connectivity index (χ3n) is 4.15. The number of sulfone groups is 1. The van der Waals surface area contributed by atoms with Gasteiger partial charge in [0.1, 0.15) is 0 Å². The van der Waals surface area contributed by atoms with Crippen molar-refractivity contribution in [3.63, 3.8) is 0 Å². The monoisotopic (exact) mass is 404 g/mol. The minimum atomic E-state index is -3.40. The Hall–Kier alpha value is -1.01. The average molecular weight is 406 g/mol. The predicted molar refractivity (Wildman–Crippen MR) is 98.1 cm³/mol. The molecule has 1 aliphatic rings. The van der Waals surface area contributed by atoms with Gasteiger partial charge in [0.05, 0.1) is 25.9 Å². The van der Waals surface area contributed by atoms with Crippen molar-refractivity contribution < 1.29 is 8.42 Å². The van der Waals surface area contributed by atoms with Gasteiger partial charge in [-0.25, -0.2) is 8.42 Å². The van der Waals surface area contributed by atoms with Crippen molar-refractivity contribution in [2.75, 3.05) is 18.0 Å². The van der Waals surface area contributed by atoms with E-state index in [4.69, 9.17) is 34.8 Å². The lowest BCUT2D eigenvalue weighted by Gasteiger charge is -2.34. The molecule has 0 N–H and O–H groups in total. The number of hydrogen-bond donors (Lipinski definition) is 0. The van der Waals surface area contributed by atoms with Gasteiger partial charge in [-0.2, -0.15) is 0 Å². The molecule has 1 saturated heterocycles. The Bertz CT molecular complexity index is 830. The van der Waals surface area contributed by atoms with Crippen LogP contribution in [0.5, 0.6) is 0 Å². The summed E-state index contributed by atoms with van der Waals surface area (Å²) in [6, 6.07) is 6.40. The van der Waals surface area contributed by atoms with Crippen LogP contribution in [-0.2, 0) is 9.84 Å². The van der Waals surface area contributed by atoms with E-state index in [1.54, 1.807) is 18.2 Å². The van der Waals surface area contributed by atoms with Crippen LogP contribution in [0.25, 0.3) is 0 Å². The molecule has 0 aliphatic carbocycles. The molecular formula is C16H15Cl3N2O2S. The average Bonchev–Trinajstić information content (AvgIpc) is 2.55. The summed E-state index contributed by atoms with van der Waals surface area (Å²) in [5.41, 5.74) is 0.715. The zero-order chi connectivity index (χ0) is 17.3. The van der Waals surface area contributed by atoms with Gasteiger partial charge < -0.3 is 4.90 Å². The second-order valence-electron chi connectivity index (χ2n) is 5.64. The molecule has 0 bridgehead atoms. The molecular weight excluding hydrogens is 391 g/mol. The molecule has 0 radical (unpaired) electrons. The molecule has 2 heterocycles. The first kappa shape index (κ1) is 17.8. The summed E-state index contributed by atoms with van der Waals surface area (Å²) in [4.78, 5) is 6.22. The quantitative estimate of drug-likeness (QED) is 0.755. The van der Waals surface area contributed by atoms with Crippen molar-refractivity contribution in [3.05, 3.63) is 51.7 Å². The van der Waals surface area contributed by atoms with E-state index < -0.39 is 15.1 Å². The van der Waals surface area contributed by atoms with E-state index in [1.165, 1.54) is 18.5 Å². The maximum atomic E-state index is 12.8. The second kappa shape index (κ2) is 7.08. The minimum absolute atomic E-state index is 0.272. The van der Waals surface area contributed by atoms with Crippen LogP contribution >= 0.6 is 34.8 Å². The lowest BCUT2D eigenvalue weighted by atomic mass is 10.1. The van der Waals surface area contributed by atoms with Gasteiger partial charge in [-0.15, -0.1) is 0 Å². The molecule has 8 heteroatoms. The number of halogens is 3. The third kappa shape index (κ3) is 3.49. The van der Waals surface area contributed by atoms with Gasteiger partial charge in [0.2, 0.25) is 0 Å². The number of rotatable bonds is 3. The highest BCUT2D eigenvalue weighted by Gasteiger charge is 2.32. The largest absolute Gasteiger partial charge is 0.369 e. The predicted octanol–water partition coefficient (Wildman–Crippen LogP) is 4.48. The summed E-state index contributed by atoms with van der Waals surface area (Å²) in [5, 5.41) is 0.924. The smallest absolute Gasteiger partial charge is 0.181 e. The van der Waals surface area contributed by atoms with Crippen LogP contribution in [-0.4, -0.2) is 31.7 Å². The Morgan fingerprint density at radius 2 is 1.67 bits per heavy atom. The first-order valence-corrected chi connectivity index (χ1v) is 10.1. The van der Waals surface area contributed by atoms with Crippen LogP contribution in [0.15, 0.2) is 41.6 Å². The van der Waals surface area contributed by atoms with Crippen LogP contribution in [0.3, 0.4) is 0 Å². The summed E-state index contributed by atoms with van der Waals surface area (Å²) in [6.45, 7) is 1.13. The molecule has 0 unspecified atom stereocenters. The molecule has 1 aromatic heterocycles. The number of nitrogens with zero attached hydrogens (tertiary/aromatic N) is 2. The molecule has 0 saturated carbocycles. The Balaban J connectivity index is 1.78. The molecule has 2 aromatic rings. The molecule has 128 valence electrons. The highest BCUT2D eigenvalue weighted by molar-refractivity contribution is 7.92. The van der Waals surface area contributed by atoms with Crippen molar-refractivity contribution in [2.24, 2.45) is 0 Å². The van der Waals surface area contributed by atoms with Crippen molar-refractivity contribution in [1.29, 1.82) is 0 Å².